The van der Waals surface area contributed by atoms with E-state index in [4.69, 9.17) is 10.2 Å². The number of aromatic nitrogens is 2. The van der Waals surface area contributed by atoms with Crippen LogP contribution in [0.5, 0.6) is 0 Å². The molecule has 0 atom stereocenters. The lowest BCUT2D eigenvalue weighted by molar-refractivity contribution is -0.671. The second-order valence-electron chi connectivity index (χ2n) is 4.00. The quantitative estimate of drug-likeness (QED) is 0.344. The molecule has 3 rings (SSSR count). The number of nitrogen functional groups attached to an aromatic ring is 1. The molecule has 1 aromatic carbocycles. The summed E-state index contributed by atoms with van der Waals surface area (Å²) in [6, 6.07) is 9.39. The first-order chi connectivity index (χ1) is 8.22. The summed E-state index contributed by atoms with van der Waals surface area (Å²) < 4.78 is 7.64. The smallest absolute Gasteiger partial charge is 0.233 e. The first-order valence-corrected chi connectivity index (χ1v) is 5.34. The lowest BCUT2D eigenvalue weighted by Crippen LogP contribution is -3.00. The van der Waals surface area contributed by atoms with Crippen molar-refractivity contribution in [1.29, 1.82) is 0 Å². The van der Waals surface area contributed by atoms with Crippen molar-refractivity contribution in [3.8, 4) is 11.5 Å². The molecule has 0 fully saturated rings. The van der Waals surface area contributed by atoms with E-state index in [9.17, 15) is 0 Å². The van der Waals surface area contributed by atoms with Crippen molar-refractivity contribution < 1.29 is 33.0 Å². The van der Waals surface area contributed by atoms with Crippen molar-refractivity contribution >= 4 is 16.8 Å². The van der Waals surface area contributed by atoms with Gasteiger partial charge >= 0.3 is 0 Å². The van der Waals surface area contributed by atoms with E-state index < -0.39 is 0 Å². The molecule has 3 aromatic rings. The van der Waals surface area contributed by atoms with Crippen molar-refractivity contribution in [2.45, 2.75) is 0 Å². The molecule has 2 N–H and O–H groups in total. The molecule has 0 spiro atoms. The molecular weight excluding hydrogens is 341 g/mol. The number of halogens is 1. The molecule has 18 heavy (non-hydrogen) atoms. The summed E-state index contributed by atoms with van der Waals surface area (Å²) >= 11 is 0. The largest absolute Gasteiger partial charge is 1.00 e. The highest BCUT2D eigenvalue weighted by Gasteiger charge is 2.10. The van der Waals surface area contributed by atoms with Gasteiger partial charge in [0.2, 0.25) is 5.89 Å². The number of pyridine rings is 1. The second-order valence-corrected chi connectivity index (χ2v) is 4.00. The zero-order valence-electron chi connectivity index (χ0n) is 9.80. The Kier molecular flexibility index (Phi) is 3.51. The highest BCUT2D eigenvalue weighted by Crippen LogP contribution is 2.24. The minimum atomic E-state index is 0. The van der Waals surface area contributed by atoms with E-state index in [1.807, 2.05) is 48.3 Å². The van der Waals surface area contributed by atoms with Crippen LogP contribution in [0.4, 0.5) is 5.69 Å². The second kappa shape index (κ2) is 4.93. The van der Waals surface area contributed by atoms with E-state index in [1.165, 1.54) is 0 Å². The summed E-state index contributed by atoms with van der Waals surface area (Å²) in [7, 11) is 1.96. The maximum Gasteiger partial charge on any atom is 0.233 e. The van der Waals surface area contributed by atoms with Crippen molar-refractivity contribution in [2.24, 2.45) is 7.05 Å². The topological polar surface area (TPSA) is 55.9 Å². The van der Waals surface area contributed by atoms with Gasteiger partial charge in [-0.2, -0.15) is 0 Å². The van der Waals surface area contributed by atoms with Gasteiger partial charge in [0.05, 0.1) is 0 Å². The van der Waals surface area contributed by atoms with Crippen molar-refractivity contribution in [3.63, 3.8) is 0 Å². The Morgan fingerprint density at radius 3 is 2.89 bits per heavy atom. The van der Waals surface area contributed by atoms with Crippen LogP contribution >= 0.6 is 0 Å². The molecule has 0 aliphatic carbocycles. The number of oxazole rings is 1. The number of hydrogen-bond donors (Lipinski definition) is 1. The summed E-state index contributed by atoms with van der Waals surface area (Å²) in [5, 5.41) is 0. The van der Waals surface area contributed by atoms with E-state index >= 15 is 0 Å². The van der Waals surface area contributed by atoms with Gasteiger partial charge in [0.25, 0.3) is 0 Å². The molecule has 5 heteroatoms. The summed E-state index contributed by atoms with van der Waals surface area (Å²) in [4.78, 5) is 4.43. The summed E-state index contributed by atoms with van der Waals surface area (Å²) in [6.45, 7) is 0. The number of benzene rings is 1. The predicted molar refractivity (Wildman–Crippen MR) is 65.0 cm³/mol. The molecule has 2 aromatic heterocycles. The predicted octanol–water partition coefficient (Wildman–Crippen LogP) is -1.09. The molecule has 0 amide bonds. The molecule has 0 saturated carbocycles. The fourth-order valence-corrected chi connectivity index (χ4v) is 1.78. The lowest BCUT2D eigenvalue weighted by atomic mass is 10.3. The van der Waals surface area contributed by atoms with Gasteiger partial charge < -0.3 is 34.1 Å². The Bertz CT molecular complexity index is 694. The van der Waals surface area contributed by atoms with Crippen LogP contribution in [0.2, 0.25) is 0 Å². The number of rotatable bonds is 1. The molecule has 0 aliphatic rings. The Morgan fingerprint density at radius 1 is 1.28 bits per heavy atom. The molecule has 0 aliphatic heterocycles. The summed E-state index contributed by atoms with van der Waals surface area (Å²) in [5.74, 6) is 0.613. The van der Waals surface area contributed by atoms with E-state index in [0.717, 1.165) is 11.1 Å². The monoisotopic (exact) mass is 353 g/mol. The SMILES string of the molecule is C[n+]1cccc(-c2nc3ccc(N)cc3o2)c1.[I-]. The molecule has 92 valence electrons. The van der Waals surface area contributed by atoms with Crippen LogP contribution in [-0.2, 0) is 7.05 Å². The fourth-order valence-electron chi connectivity index (χ4n) is 1.78. The maximum absolute atomic E-state index is 5.70. The molecular formula is C13H12IN3O. The molecule has 2 heterocycles. The maximum atomic E-state index is 5.70. The average Bonchev–Trinajstić information content (AvgIpc) is 2.72. The number of nitrogens with two attached hydrogens (primary N) is 1. The normalized spacial score (nSPS) is 10.3. The number of anilines is 1. The van der Waals surface area contributed by atoms with Gasteiger partial charge in [-0.3, -0.25) is 0 Å². The third-order valence-electron chi connectivity index (χ3n) is 2.60. The van der Waals surface area contributed by atoms with Gasteiger partial charge in [-0.1, -0.05) is 0 Å². The van der Waals surface area contributed by atoms with Crippen LogP contribution in [0.3, 0.4) is 0 Å². The van der Waals surface area contributed by atoms with Crippen LogP contribution in [0.1, 0.15) is 0 Å². The van der Waals surface area contributed by atoms with Crippen LogP contribution in [0.15, 0.2) is 47.1 Å². The summed E-state index contributed by atoms with van der Waals surface area (Å²) in [6.07, 6.45) is 3.93. The third-order valence-corrected chi connectivity index (χ3v) is 2.60. The molecule has 0 bridgehead atoms. The number of fused-ring (bicyclic) bond motifs is 1. The molecule has 0 unspecified atom stereocenters. The van der Waals surface area contributed by atoms with Crippen LogP contribution in [-0.4, -0.2) is 4.98 Å². The Morgan fingerprint density at radius 2 is 2.11 bits per heavy atom. The van der Waals surface area contributed by atoms with Crippen LogP contribution in [0, 0.1) is 0 Å². The van der Waals surface area contributed by atoms with Crippen LogP contribution < -0.4 is 34.3 Å². The van der Waals surface area contributed by atoms with Crippen molar-refractivity contribution in [1.82, 2.24) is 4.98 Å². The molecule has 0 radical (unpaired) electrons. The first kappa shape index (κ1) is 12.8. The van der Waals surface area contributed by atoms with Gasteiger partial charge in [-0.25, -0.2) is 9.55 Å². The third kappa shape index (κ3) is 2.31. The van der Waals surface area contributed by atoms with E-state index in [1.54, 1.807) is 6.07 Å². The lowest BCUT2D eigenvalue weighted by Gasteiger charge is -1.91. The highest BCUT2D eigenvalue weighted by molar-refractivity contribution is 5.79. The number of aryl methyl sites for hydroxylation is 1. The summed E-state index contributed by atoms with van der Waals surface area (Å²) in [5.41, 5.74) is 8.87. The van der Waals surface area contributed by atoms with Gasteiger partial charge in [0.1, 0.15) is 18.1 Å². The molecule has 0 saturated heterocycles. The van der Waals surface area contributed by atoms with Gasteiger partial charge in [-0.05, 0) is 18.2 Å². The Balaban J connectivity index is 0.00000120. The first-order valence-electron chi connectivity index (χ1n) is 5.34. The van der Waals surface area contributed by atoms with Gasteiger partial charge in [0.15, 0.2) is 18.0 Å². The van der Waals surface area contributed by atoms with E-state index in [0.29, 0.717) is 17.2 Å². The standard InChI is InChI=1S/C13H12N3O.HI/c1-16-6-2-3-9(8-16)13-15-11-5-4-10(14)7-12(11)17-13;/h2-8H,14H2,1H3;1H/q+1;/p-1. The minimum absolute atomic E-state index is 0. The zero-order chi connectivity index (χ0) is 11.8. The van der Waals surface area contributed by atoms with Crippen LogP contribution in [0.25, 0.3) is 22.6 Å². The van der Waals surface area contributed by atoms with E-state index in [2.05, 4.69) is 4.98 Å². The minimum Gasteiger partial charge on any atom is -1.00 e. The number of hydrogen-bond acceptors (Lipinski definition) is 3. The Labute approximate surface area is 121 Å². The van der Waals surface area contributed by atoms with Crippen molar-refractivity contribution in [3.05, 3.63) is 42.7 Å². The van der Waals surface area contributed by atoms with Gasteiger partial charge in [-0.15, -0.1) is 0 Å². The van der Waals surface area contributed by atoms with Gasteiger partial charge in [0, 0.05) is 17.8 Å². The highest BCUT2D eigenvalue weighted by atomic mass is 127. The fraction of sp³-hybridized carbons (Fsp3) is 0.0769. The Hall–Kier alpha value is -1.63. The zero-order valence-corrected chi connectivity index (χ0v) is 12.0. The van der Waals surface area contributed by atoms with Crippen molar-refractivity contribution in [2.75, 3.05) is 5.73 Å². The van der Waals surface area contributed by atoms with E-state index in [-0.39, 0.29) is 24.0 Å². The molecule has 4 nitrogen and oxygen atoms in total. The average molecular weight is 353 g/mol. The number of nitrogens with zero attached hydrogens (tertiary/aromatic N) is 2.